The molecule has 1 aromatic heterocycles. The Morgan fingerprint density at radius 1 is 0.938 bits per heavy atom. The molecule has 9 heteroatoms. The predicted molar refractivity (Wildman–Crippen MR) is 115 cm³/mol. The normalized spacial score (nSPS) is 10.6. The van der Waals surface area contributed by atoms with Crippen molar-refractivity contribution in [1.29, 1.82) is 0 Å². The first-order valence-electron chi connectivity index (χ1n) is 10.2. The smallest absolute Gasteiger partial charge is 0.407 e. The van der Waals surface area contributed by atoms with Gasteiger partial charge in [0.05, 0.1) is 25.9 Å². The third-order valence-corrected chi connectivity index (χ3v) is 4.42. The average Bonchev–Trinajstić information content (AvgIpc) is 2.79. The average molecular weight is 440 g/mol. The lowest BCUT2D eigenvalue weighted by molar-refractivity contribution is -0.581. The maximum atomic E-state index is 13.0. The third kappa shape index (κ3) is 4.88. The molecule has 0 radical (unpaired) electrons. The van der Waals surface area contributed by atoms with Gasteiger partial charge in [-0.2, -0.15) is 4.73 Å². The molecule has 0 saturated carbocycles. The second-order valence-corrected chi connectivity index (χ2v) is 6.51. The number of esters is 2. The first-order valence-corrected chi connectivity index (χ1v) is 10.2. The first kappa shape index (κ1) is 22.8. The molecule has 0 spiro atoms. The second-order valence-electron chi connectivity index (χ2n) is 6.51. The summed E-state index contributed by atoms with van der Waals surface area (Å²) in [6.07, 6.45) is 0. The van der Waals surface area contributed by atoms with Gasteiger partial charge in [0.1, 0.15) is 29.2 Å². The molecule has 0 aliphatic rings. The van der Waals surface area contributed by atoms with Gasteiger partial charge >= 0.3 is 17.6 Å². The topological polar surface area (TPSA) is 111 Å². The first-order chi connectivity index (χ1) is 15.5. The Balaban J connectivity index is 1.97. The largest absolute Gasteiger partial charge is 0.618 e. The van der Waals surface area contributed by atoms with Gasteiger partial charge in [0, 0.05) is 0 Å². The van der Waals surface area contributed by atoms with E-state index < -0.39 is 18.5 Å². The van der Waals surface area contributed by atoms with Crippen molar-refractivity contribution in [3.63, 3.8) is 0 Å². The van der Waals surface area contributed by atoms with E-state index in [4.69, 9.17) is 18.9 Å². The molecule has 2 aromatic carbocycles. The molecule has 1 heterocycles. The van der Waals surface area contributed by atoms with Crippen LogP contribution in [0.25, 0.3) is 11.0 Å². The molecule has 0 unspecified atom stereocenters. The number of benzene rings is 2. The molecule has 0 amide bonds. The van der Waals surface area contributed by atoms with Crippen LogP contribution in [0.5, 0.6) is 11.5 Å². The molecule has 9 nitrogen and oxygen atoms in total. The molecule has 0 aliphatic carbocycles. The summed E-state index contributed by atoms with van der Waals surface area (Å²) in [5.41, 5.74) is 0.313. The van der Waals surface area contributed by atoms with E-state index in [0.717, 1.165) is 0 Å². The lowest BCUT2D eigenvalue weighted by Gasteiger charge is -2.13. The van der Waals surface area contributed by atoms with Gasteiger partial charge in [0.15, 0.2) is 5.69 Å². The van der Waals surface area contributed by atoms with E-state index in [1.165, 1.54) is 6.07 Å². The maximum absolute atomic E-state index is 13.0. The fourth-order valence-electron chi connectivity index (χ4n) is 3.08. The summed E-state index contributed by atoms with van der Waals surface area (Å²) in [6, 6.07) is 11.4. The number of hydrogen-bond acceptors (Lipinski definition) is 8. The molecule has 3 aromatic rings. The number of carbonyl (C=O) groups is 2. The summed E-state index contributed by atoms with van der Waals surface area (Å²) in [7, 11) is 0. The zero-order valence-corrected chi connectivity index (χ0v) is 18.1. The van der Waals surface area contributed by atoms with Crippen molar-refractivity contribution in [2.24, 2.45) is 0 Å². The van der Waals surface area contributed by atoms with Crippen LogP contribution in [-0.4, -0.2) is 36.7 Å². The molecule has 0 aliphatic heterocycles. The number of ether oxygens (including phenoxy) is 4. The lowest BCUT2D eigenvalue weighted by atomic mass is 10.2. The van der Waals surface area contributed by atoms with E-state index >= 15 is 0 Å². The lowest BCUT2D eigenvalue weighted by Crippen LogP contribution is -2.39. The summed E-state index contributed by atoms with van der Waals surface area (Å²) in [4.78, 5) is 29.5. The van der Waals surface area contributed by atoms with Crippen LogP contribution >= 0.6 is 0 Å². The van der Waals surface area contributed by atoms with E-state index in [0.29, 0.717) is 35.0 Å². The monoisotopic (exact) mass is 440 g/mol. The minimum atomic E-state index is -0.862. The van der Waals surface area contributed by atoms with Gasteiger partial charge in [-0.3, -0.25) is 0 Å². The Morgan fingerprint density at radius 3 is 2.41 bits per heavy atom. The molecule has 0 fully saturated rings. The van der Waals surface area contributed by atoms with E-state index in [1.54, 1.807) is 50.2 Å². The van der Waals surface area contributed by atoms with Gasteiger partial charge in [-0.15, -0.1) is 0 Å². The van der Waals surface area contributed by atoms with E-state index in [1.807, 2.05) is 6.92 Å². The molecule has 0 N–H and O–H groups in total. The molecule has 168 valence electrons. The zero-order chi connectivity index (χ0) is 23.1. The quantitative estimate of drug-likeness (QED) is 0.283. The van der Waals surface area contributed by atoms with Crippen LogP contribution in [0, 0.1) is 5.21 Å². The number of carbonyl (C=O) groups excluding carboxylic acids is 2. The number of fused-ring (bicyclic) bond motifs is 1. The number of hydrogen-bond donors (Lipinski definition) is 0. The molecule has 32 heavy (non-hydrogen) atoms. The number of nitrogens with zero attached hydrogens (tertiary/aromatic N) is 2. The van der Waals surface area contributed by atoms with Crippen molar-refractivity contribution in [1.82, 2.24) is 4.98 Å². The van der Waals surface area contributed by atoms with Crippen LogP contribution in [0.1, 0.15) is 47.3 Å². The molecule has 0 bridgehead atoms. The van der Waals surface area contributed by atoms with Crippen LogP contribution in [-0.2, 0) is 16.1 Å². The SMILES string of the molecule is CCOC(=O)c1c(COC(=O)c2ccccc2OCC)nc2ccc(OCC)cc2[n+]1[O-]. The van der Waals surface area contributed by atoms with Crippen LogP contribution in [0.4, 0.5) is 0 Å². The minimum absolute atomic E-state index is 0.0163. The molecule has 0 atom stereocenters. The fraction of sp³-hybridized carbons (Fsp3) is 0.304. The van der Waals surface area contributed by atoms with Crippen LogP contribution in [0.2, 0.25) is 0 Å². The van der Waals surface area contributed by atoms with E-state index in [9.17, 15) is 14.8 Å². The van der Waals surface area contributed by atoms with Crippen molar-refractivity contribution in [2.75, 3.05) is 19.8 Å². The summed E-state index contributed by atoms with van der Waals surface area (Å²) in [5, 5.41) is 13.0. The van der Waals surface area contributed by atoms with Gasteiger partial charge in [-0.1, -0.05) is 12.1 Å². The number of rotatable bonds is 9. The predicted octanol–water partition coefficient (Wildman–Crippen LogP) is 3.20. The highest BCUT2D eigenvalue weighted by atomic mass is 16.5. The van der Waals surface area contributed by atoms with Gasteiger partial charge in [-0.25, -0.2) is 14.6 Å². The summed E-state index contributed by atoms with van der Waals surface area (Å²) >= 11 is 0. The molecular weight excluding hydrogens is 416 g/mol. The molecular formula is C23H24N2O7. The minimum Gasteiger partial charge on any atom is -0.618 e. The second kappa shape index (κ2) is 10.4. The molecule has 3 rings (SSSR count). The van der Waals surface area contributed by atoms with Crippen molar-refractivity contribution >= 4 is 23.0 Å². The van der Waals surface area contributed by atoms with Crippen LogP contribution in [0.15, 0.2) is 42.5 Å². The Hall–Kier alpha value is -3.88. The highest BCUT2D eigenvalue weighted by Crippen LogP contribution is 2.22. The van der Waals surface area contributed by atoms with Crippen molar-refractivity contribution < 1.29 is 33.3 Å². The summed E-state index contributed by atoms with van der Waals surface area (Å²) in [6.45, 7) is 5.70. The standard InChI is InChI=1S/C23H24N2O7/c1-4-29-15-11-12-17-19(13-15)25(28)21(23(27)31-6-3)18(24-17)14-32-22(26)16-9-7-8-10-20(16)30-5-2/h7-13H,4-6,14H2,1-3H3. The maximum Gasteiger partial charge on any atom is 0.407 e. The Labute approximate surface area is 185 Å². The fourth-order valence-corrected chi connectivity index (χ4v) is 3.08. The van der Waals surface area contributed by atoms with Crippen molar-refractivity contribution in [3.05, 3.63) is 64.6 Å². The number of para-hydroxylation sites is 1. The van der Waals surface area contributed by atoms with Crippen LogP contribution in [0.3, 0.4) is 0 Å². The summed E-state index contributed by atoms with van der Waals surface area (Å²) in [5.74, 6) is -0.693. The highest BCUT2D eigenvalue weighted by Gasteiger charge is 2.29. The van der Waals surface area contributed by atoms with Gasteiger partial charge in [0.25, 0.3) is 0 Å². The Bertz CT molecular complexity index is 1130. The third-order valence-electron chi connectivity index (χ3n) is 4.42. The molecule has 0 saturated heterocycles. The van der Waals surface area contributed by atoms with Crippen molar-refractivity contribution in [3.8, 4) is 11.5 Å². The van der Waals surface area contributed by atoms with Gasteiger partial charge in [-0.05, 0) is 45.0 Å². The van der Waals surface area contributed by atoms with Crippen molar-refractivity contribution in [2.45, 2.75) is 27.4 Å². The van der Waals surface area contributed by atoms with Crippen LogP contribution < -0.4 is 14.2 Å². The zero-order valence-electron chi connectivity index (χ0n) is 18.1. The van der Waals surface area contributed by atoms with E-state index in [-0.39, 0.29) is 29.1 Å². The van der Waals surface area contributed by atoms with Gasteiger partial charge in [0.2, 0.25) is 5.52 Å². The van der Waals surface area contributed by atoms with E-state index in [2.05, 4.69) is 4.98 Å². The Morgan fingerprint density at radius 2 is 1.69 bits per heavy atom. The van der Waals surface area contributed by atoms with Gasteiger partial charge < -0.3 is 24.2 Å². The number of aromatic nitrogens is 2. The highest BCUT2D eigenvalue weighted by molar-refractivity contribution is 5.93. The summed E-state index contributed by atoms with van der Waals surface area (Å²) < 4.78 is 21.7. The Kier molecular flexibility index (Phi) is 7.43.